The molecule has 0 aromatic heterocycles. The van der Waals surface area contributed by atoms with Crippen LogP contribution in [0.25, 0.3) is 0 Å². The molecule has 2 aliphatic rings. The second-order valence-electron chi connectivity index (χ2n) is 6.77. The van der Waals surface area contributed by atoms with Gasteiger partial charge in [-0.1, -0.05) is 13.8 Å². The lowest BCUT2D eigenvalue weighted by molar-refractivity contribution is 0.0834. The number of urea groups is 1. The predicted molar refractivity (Wildman–Crippen MR) is 87.9 cm³/mol. The number of hydrogen-bond donors (Lipinski definition) is 2. The van der Waals surface area contributed by atoms with E-state index in [1.165, 1.54) is 0 Å². The third-order valence-electron chi connectivity index (χ3n) is 4.77. The van der Waals surface area contributed by atoms with E-state index in [0.29, 0.717) is 19.0 Å². The zero-order chi connectivity index (χ0) is 15.9. The maximum absolute atomic E-state index is 12.1. The lowest BCUT2D eigenvalue weighted by atomic mass is 10.1. The van der Waals surface area contributed by atoms with Crippen molar-refractivity contribution < 1.29 is 9.90 Å². The molecule has 0 aromatic carbocycles. The van der Waals surface area contributed by atoms with E-state index in [0.717, 1.165) is 58.7 Å². The molecule has 0 saturated carbocycles. The summed E-state index contributed by atoms with van der Waals surface area (Å²) < 4.78 is 0. The molecule has 0 radical (unpaired) electrons. The van der Waals surface area contributed by atoms with Crippen molar-refractivity contribution in [3.8, 4) is 0 Å². The van der Waals surface area contributed by atoms with Gasteiger partial charge in [-0.3, -0.25) is 0 Å². The third-order valence-corrected chi connectivity index (χ3v) is 4.77. The molecule has 6 heteroatoms. The molecule has 0 unspecified atom stereocenters. The van der Waals surface area contributed by atoms with E-state index in [9.17, 15) is 9.90 Å². The van der Waals surface area contributed by atoms with Crippen LogP contribution in [0.3, 0.4) is 0 Å². The first-order valence-electron chi connectivity index (χ1n) is 8.74. The molecule has 2 N–H and O–H groups in total. The first-order chi connectivity index (χ1) is 10.6. The number of aliphatic hydroxyl groups excluding tert-OH is 1. The number of nitrogens with zero attached hydrogens (tertiary/aromatic N) is 3. The van der Waals surface area contributed by atoms with Crippen molar-refractivity contribution in [2.75, 3.05) is 58.9 Å². The maximum atomic E-state index is 12.1. The number of likely N-dealkylation sites (tertiary alicyclic amines) is 1. The van der Waals surface area contributed by atoms with Crippen LogP contribution in [0, 0.1) is 5.92 Å². The number of likely N-dealkylation sites (N-methyl/N-ethyl adjacent to an activating group) is 1. The van der Waals surface area contributed by atoms with Crippen molar-refractivity contribution in [2.24, 2.45) is 5.92 Å². The normalized spacial score (nSPS) is 26.0. The van der Waals surface area contributed by atoms with Crippen LogP contribution in [0.2, 0.25) is 0 Å². The average Bonchev–Trinajstić information content (AvgIpc) is 2.53. The molecule has 2 saturated heterocycles. The first-order valence-corrected chi connectivity index (χ1v) is 8.74. The Kier molecular flexibility index (Phi) is 6.92. The summed E-state index contributed by atoms with van der Waals surface area (Å²) in [7, 11) is 0. The fourth-order valence-electron chi connectivity index (χ4n) is 3.31. The molecule has 128 valence electrons. The number of nitrogens with one attached hydrogen (secondary N) is 1. The lowest BCUT2D eigenvalue weighted by Gasteiger charge is -2.35. The van der Waals surface area contributed by atoms with Crippen molar-refractivity contribution >= 4 is 6.03 Å². The van der Waals surface area contributed by atoms with Gasteiger partial charge in [-0.05, 0) is 25.3 Å². The van der Waals surface area contributed by atoms with E-state index in [-0.39, 0.29) is 12.1 Å². The molecule has 0 spiro atoms. The van der Waals surface area contributed by atoms with Crippen LogP contribution in [-0.4, -0.2) is 90.8 Å². The number of carbonyl (C=O) groups is 1. The standard InChI is InChI=1S/C16H32N4O2/c1-3-18-7-9-19(10-8-18)12-14(2)11-17-16(22)20-6-4-5-15(21)13-20/h14-15,21H,3-13H2,1-2H3,(H,17,22)/t14-,15+/m1/s1. The number of piperazine rings is 1. The van der Waals surface area contributed by atoms with Crippen molar-refractivity contribution in [3.63, 3.8) is 0 Å². The third kappa shape index (κ3) is 5.41. The van der Waals surface area contributed by atoms with Gasteiger partial charge in [0.2, 0.25) is 0 Å². The Hall–Kier alpha value is -0.850. The predicted octanol–water partition coefficient (Wildman–Crippen LogP) is 0.426. The number of carbonyl (C=O) groups excluding carboxylic acids is 1. The first kappa shape index (κ1) is 17.5. The minimum absolute atomic E-state index is 0.0265. The van der Waals surface area contributed by atoms with Crippen molar-refractivity contribution in [3.05, 3.63) is 0 Å². The second-order valence-corrected chi connectivity index (χ2v) is 6.77. The van der Waals surface area contributed by atoms with Gasteiger partial charge in [0.1, 0.15) is 0 Å². The highest BCUT2D eigenvalue weighted by molar-refractivity contribution is 5.74. The molecule has 2 amide bonds. The zero-order valence-corrected chi connectivity index (χ0v) is 14.1. The molecule has 2 rings (SSSR count). The highest BCUT2D eigenvalue weighted by Gasteiger charge is 2.22. The van der Waals surface area contributed by atoms with E-state index in [4.69, 9.17) is 0 Å². The van der Waals surface area contributed by atoms with Crippen LogP contribution in [0.5, 0.6) is 0 Å². The van der Waals surface area contributed by atoms with Crippen molar-refractivity contribution in [1.82, 2.24) is 20.0 Å². The Labute approximate surface area is 134 Å². The van der Waals surface area contributed by atoms with Crippen LogP contribution in [0.15, 0.2) is 0 Å². The Bertz CT molecular complexity index is 345. The van der Waals surface area contributed by atoms with Gasteiger partial charge >= 0.3 is 6.03 Å². The molecule has 6 nitrogen and oxygen atoms in total. The van der Waals surface area contributed by atoms with Crippen LogP contribution in [0.1, 0.15) is 26.7 Å². The number of hydrogen-bond acceptors (Lipinski definition) is 4. The summed E-state index contributed by atoms with van der Waals surface area (Å²) in [5, 5.41) is 12.7. The molecule has 0 aromatic rings. The molecule has 0 aliphatic carbocycles. The molecule has 2 heterocycles. The second kappa shape index (κ2) is 8.70. The number of aliphatic hydroxyl groups is 1. The molecule has 0 bridgehead atoms. The largest absolute Gasteiger partial charge is 0.391 e. The fraction of sp³-hybridized carbons (Fsp3) is 0.938. The summed E-state index contributed by atoms with van der Waals surface area (Å²) in [4.78, 5) is 18.8. The molecular formula is C16H32N4O2. The van der Waals surface area contributed by atoms with E-state index in [2.05, 4.69) is 29.0 Å². The van der Waals surface area contributed by atoms with Gasteiger partial charge in [0.15, 0.2) is 0 Å². The Morgan fingerprint density at radius 3 is 2.55 bits per heavy atom. The molecule has 22 heavy (non-hydrogen) atoms. The van der Waals surface area contributed by atoms with Crippen LogP contribution in [-0.2, 0) is 0 Å². The number of rotatable bonds is 5. The van der Waals surface area contributed by atoms with Crippen molar-refractivity contribution in [2.45, 2.75) is 32.8 Å². The Morgan fingerprint density at radius 1 is 1.23 bits per heavy atom. The van der Waals surface area contributed by atoms with Gasteiger partial charge < -0.3 is 25.1 Å². The Balaban J connectivity index is 1.63. The van der Waals surface area contributed by atoms with Gasteiger partial charge in [0, 0.05) is 52.4 Å². The quantitative estimate of drug-likeness (QED) is 0.773. The van der Waals surface area contributed by atoms with E-state index in [1.807, 2.05) is 0 Å². The lowest BCUT2D eigenvalue weighted by Crippen LogP contribution is -2.50. The van der Waals surface area contributed by atoms with Gasteiger partial charge in [-0.15, -0.1) is 0 Å². The average molecular weight is 312 g/mol. The zero-order valence-electron chi connectivity index (χ0n) is 14.1. The topological polar surface area (TPSA) is 59.0 Å². The number of β-amino-alcohol motifs (C(OH)–C–C–N with tert-alkyl or cyclic N) is 1. The van der Waals surface area contributed by atoms with Gasteiger partial charge in [-0.2, -0.15) is 0 Å². The SMILES string of the molecule is CCN1CCN(C[C@H](C)CNC(=O)N2CCC[C@H](O)C2)CC1. The van der Waals surface area contributed by atoms with E-state index in [1.54, 1.807) is 4.90 Å². The number of piperidine rings is 1. The van der Waals surface area contributed by atoms with Crippen molar-refractivity contribution in [1.29, 1.82) is 0 Å². The summed E-state index contributed by atoms with van der Waals surface area (Å²) in [6.45, 7) is 13.1. The minimum Gasteiger partial charge on any atom is -0.391 e. The highest BCUT2D eigenvalue weighted by atomic mass is 16.3. The molecule has 2 aliphatic heterocycles. The van der Waals surface area contributed by atoms with Gasteiger partial charge in [0.25, 0.3) is 0 Å². The van der Waals surface area contributed by atoms with Crippen LogP contribution in [0.4, 0.5) is 4.79 Å². The number of amides is 2. The minimum atomic E-state index is -0.355. The molecule has 2 atom stereocenters. The van der Waals surface area contributed by atoms with Crippen LogP contribution < -0.4 is 5.32 Å². The molecule has 2 fully saturated rings. The van der Waals surface area contributed by atoms with E-state index >= 15 is 0 Å². The summed E-state index contributed by atoms with van der Waals surface area (Å²) in [5.41, 5.74) is 0. The summed E-state index contributed by atoms with van der Waals surface area (Å²) in [5.74, 6) is 0.451. The molecular weight excluding hydrogens is 280 g/mol. The highest BCUT2D eigenvalue weighted by Crippen LogP contribution is 2.10. The maximum Gasteiger partial charge on any atom is 0.317 e. The van der Waals surface area contributed by atoms with E-state index < -0.39 is 0 Å². The van der Waals surface area contributed by atoms with Crippen LogP contribution >= 0.6 is 0 Å². The smallest absolute Gasteiger partial charge is 0.317 e. The summed E-state index contributed by atoms with van der Waals surface area (Å²) in [6.07, 6.45) is 1.35. The fourth-order valence-corrected chi connectivity index (χ4v) is 3.31. The summed E-state index contributed by atoms with van der Waals surface area (Å²) in [6, 6.07) is -0.0265. The van der Waals surface area contributed by atoms with Gasteiger partial charge in [-0.25, -0.2) is 4.79 Å². The summed E-state index contributed by atoms with van der Waals surface area (Å²) >= 11 is 0. The Morgan fingerprint density at radius 2 is 1.91 bits per heavy atom. The monoisotopic (exact) mass is 312 g/mol. The van der Waals surface area contributed by atoms with Gasteiger partial charge in [0.05, 0.1) is 6.10 Å².